The van der Waals surface area contributed by atoms with E-state index >= 15 is 0 Å². The van der Waals surface area contributed by atoms with Gasteiger partial charge in [0.15, 0.2) is 0 Å². The van der Waals surface area contributed by atoms with Gasteiger partial charge in [0.25, 0.3) is 0 Å². The van der Waals surface area contributed by atoms with Crippen LogP contribution in [0.1, 0.15) is 25.5 Å². The predicted octanol–water partition coefficient (Wildman–Crippen LogP) is 1.06. The molecule has 0 amide bonds. The summed E-state index contributed by atoms with van der Waals surface area (Å²) in [7, 11) is 5.47. The fraction of sp³-hybridized carbons (Fsp3) is 0.500. The minimum absolute atomic E-state index is 0.499. The van der Waals surface area contributed by atoms with Crippen LogP contribution in [0.25, 0.3) is 0 Å². The van der Waals surface area contributed by atoms with Crippen LogP contribution in [0.5, 0.6) is 0 Å². The Hall–Kier alpha value is -0.305. The van der Waals surface area contributed by atoms with E-state index in [1.165, 1.54) is 11.5 Å². The fourth-order valence-corrected chi connectivity index (χ4v) is 1.22. The molecular weight excluding hydrogens is 129 g/mol. The zero-order chi connectivity index (χ0) is 6.85. The first kappa shape index (κ1) is 6.81. The lowest BCUT2D eigenvalue weighted by molar-refractivity contribution is 0.841. The van der Waals surface area contributed by atoms with Gasteiger partial charge in [-0.05, 0) is 16.8 Å². The van der Waals surface area contributed by atoms with Crippen LogP contribution in [-0.2, 0) is 0 Å². The zero-order valence-corrected chi connectivity index (χ0v) is 6.40. The van der Waals surface area contributed by atoms with Gasteiger partial charge in [-0.1, -0.05) is 25.4 Å². The van der Waals surface area contributed by atoms with Gasteiger partial charge in [0.05, 0.1) is 5.69 Å². The molecule has 0 aromatic carbocycles. The van der Waals surface area contributed by atoms with E-state index in [2.05, 4.69) is 18.2 Å². The molecule has 0 spiro atoms. The molecule has 0 aliphatic carbocycles. The smallest absolute Gasteiger partial charge is 0.131 e. The molecule has 0 aliphatic rings. The summed E-state index contributed by atoms with van der Waals surface area (Å²) in [6.07, 6.45) is 0. The van der Waals surface area contributed by atoms with Gasteiger partial charge in [-0.25, -0.2) is 0 Å². The summed E-state index contributed by atoms with van der Waals surface area (Å²) in [5.74, 6) is 0.499. The van der Waals surface area contributed by atoms with E-state index < -0.39 is 0 Å². The highest BCUT2D eigenvalue weighted by atomic mass is 32.1. The Labute approximate surface area is 60.7 Å². The summed E-state index contributed by atoms with van der Waals surface area (Å²) in [4.78, 5) is 0. The van der Waals surface area contributed by atoms with Gasteiger partial charge in [-0.3, -0.25) is 0 Å². The minimum atomic E-state index is 0.499. The Kier molecular flexibility index (Phi) is 1.91. The van der Waals surface area contributed by atoms with Crippen LogP contribution in [0.3, 0.4) is 0 Å². The molecule has 3 heteroatoms. The largest absolute Gasteiger partial charge is 0.198 e. The van der Waals surface area contributed by atoms with Gasteiger partial charge in [0.1, 0.15) is 7.85 Å². The monoisotopic (exact) mass is 137 g/mol. The number of rotatable bonds is 1. The summed E-state index contributed by atoms with van der Waals surface area (Å²) in [5, 5.41) is 0. The molecule has 1 nitrogen and oxygen atoms in total. The molecule has 0 unspecified atom stereocenters. The average molecular weight is 137 g/mol. The molecule has 1 rings (SSSR count). The third kappa shape index (κ3) is 1.55. The Morgan fingerprint density at radius 1 is 1.67 bits per heavy atom. The second-order valence-electron chi connectivity index (χ2n) is 2.31. The van der Waals surface area contributed by atoms with Crippen molar-refractivity contribution >= 4 is 24.2 Å². The predicted molar refractivity (Wildman–Crippen MR) is 41.6 cm³/mol. The molecule has 0 bridgehead atoms. The van der Waals surface area contributed by atoms with E-state index in [9.17, 15) is 0 Å². The van der Waals surface area contributed by atoms with Crippen molar-refractivity contribution in [2.75, 3.05) is 0 Å². The quantitative estimate of drug-likeness (QED) is 0.527. The van der Waals surface area contributed by atoms with Gasteiger partial charge < -0.3 is 0 Å². The molecule has 1 aromatic rings. The van der Waals surface area contributed by atoms with Crippen LogP contribution in [-0.4, -0.2) is 12.2 Å². The normalized spacial score (nSPS) is 10.6. The number of hydrogen-bond acceptors (Lipinski definition) is 2. The van der Waals surface area contributed by atoms with Gasteiger partial charge >= 0.3 is 0 Å². The summed E-state index contributed by atoms with van der Waals surface area (Å²) in [6, 6.07) is 1.93. The van der Waals surface area contributed by atoms with Crippen molar-refractivity contribution < 1.29 is 0 Å². The molecule has 0 N–H and O–H groups in total. The third-order valence-electron chi connectivity index (χ3n) is 1.14. The van der Waals surface area contributed by atoms with E-state index in [4.69, 9.17) is 7.85 Å². The van der Waals surface area contributed by atoms with Crippen LogP contribution in [0.2, 0.25) is 0 Å². The zero-order valence-electron chi connectivity index (χ0n) is 5.59. The highest BCUT2D eigenvalue weighted by molar-refractivity contribution is 7.14. The van der Waals surface area contributed by atoms with Crippen LogP contribution in [0.4, 0.5) is 0 Å². The molecule has 2 radical (unpaired) electrons. The van der Waals surface area contributed by atoms with Crippen molar-refractivity contribution in [3.8, 4) is 0 Å². The topological polar surface area (TPSA) is 12.9 Å². The highest BCUT2D eigenvalue weighted by Crippen LogP contribution is 2.10. The van der Waals surface area contributed by atoms with E-state index in [1.807, 2.05) is 6.07 Å². The first-order valence-electron chi connectivity index (χ1n) is 2.92. The number of aromatic nitrogens is 1. The lowest BCUT2D eigenvalue weighted by Crippen LogP contribution is -1.92. The lowest BCUT2D eigenvalue weighted by atomic mass is 10.0. The van der Waals surface area contributed by atoms with Crippen LogP contribution in [0.15, 0.2) is 6.07 Å². The molecule has 0 atom stereocenters. The van der Waals surface area contributed by atoms with Crippen molar-refractivity contribution in [2.45, 2.75) is 19.8 Å². The van der Waals surface area contributed by atoms with Gasteiger partial charge in [0.2, 0.25) is 0 Å². The second kappa shape index (κ2) is 2.52. The molecule has 0 fully saturated rings. The van der Waals surface area contributed by atoms with E-state index in [0.29, 0.717) is 5.92 Å². The summed E-state index contributed by atoms with van der Waals surface area (Å²) in [5.41, 5.74) is 1.09. The Morgan fingerprint density at radius 3 is 2.56 bits per heavy atom. The molecule has 1 aromatic heterocycles. The van der Waals surface area contributed by atoms with Crippen molar-refractivity contribution in [1.29, 1.82) is 0 Å². The maximum Gasteiger partial charge on any atom is 0.131 e. The third-order valence-corrected chi connectivity index (χ3v) is 1.77. The average Bonchev–Trinajstić information content (AvgIpc) is 2.14. The van der Waals surface area contributed by atoms with Crippen LogP contribution < -0.4 is 4.78 Å². The number of nitrogens with zero attached hydrogens (tertiary/aromatic N) is 1. The molecule has 1 heterocycles. The molecule has 9 heavy (non-hydrogen) atoms. The standard InChI is InChI=1S/C6H8BNS/c1-4(2)5-3-6(7)9-8-5/h3-4H,1-2H3. The second-order valence-corrected chi connectivity index (χ2v) is 3.15. The summed E-state index contributed by atoms with van der Waals surface area (Å²) < 4.78 is 4.94. The minimum Gasteiger partial charge on any atom is -0.198 e. The first-order valence-corrected chi connectivity index (χ1v) is 3.69. The Bertz CT molecular complexity index is 195. The van der Waals surface area contributed by atoms with Crippen molar-refractivity contribution in [1.82, 2.24) is 4.37 Å². The van der Waals surface area contributed by atoms with E-state index in [0.717, 1.165) is 10.5 Å². The van der Waals surface area contributed by atoms with Gasteiger partial charge in [-0.2, -0.15) is 4.37 Å². The van der Waals surface area contributed by atoms with Crippen molar-refractivity contribution in [3.63, 3.8) is 0 Å². The SMILES string of the molecule is [B]c1cc(C(C)C)ns1. The molecule has 0 saturated carbocycles. The highest BCUT2D eigenvalue weighted by Gasteiger charge is 2.00. The summed E-state index contributed by atoms with van der Waals surface area (Å²) in [6.45, 7) is 4.21. The lowest BCUT2D eigenvalue weighted by Gasteiger charge is -1.94. The van der Waals surface area contributed by atoms with Gasteiger partial charge in [0, 0.05) is 0 Å². The summed E-state index contributed by atoms with van der Waals surface area (Å²) >= 11 is 1.36. The van der Waals surface area contributed by atoms with Crippen molar-refractivity contribution in [2.24, 2.45) is 0 Å². The Morgan fingerprint density at radius 2 is 2.33 bits per heavy atom. The molecule has 46 valence electrons. The molecular formula is C6H8BNS. The van der Waals surface area contributed by atoms with E-state index in [-0.39, 0.29) is 0 Å². The molecule has 0 saturated heterocycles. The maximum atomic E-state index is 5.47. The fourth-order valence-electron chi connectivity index (χ4n) is 0.576. The first-order chi connectivity index (χ1) is 4.20. The van der Waals surface area contributed by atoms with Crippen LogP contribution in [0, 0.1) is 0 Å². The van der Waals surface area contributed by atoms with Crippen LogP contribution >= 0.6 is 11.5 Å². The van der Waals surface area contributed by atoms with Gasteiger partial charge in [-0.15, -0.1) is 0 Å². The Balaban J connectivity index is 2.85. The van der Waals surface area contributed by atoms with Crippen molar-refractivity contribution in [3.05, 3.63) is 11.8 Å². The number of hydrogen-bond donors (Lipinski definition) is 0. The molecule has 0 aliphatic heterocycles. The maximum absolute atomic E-state index is 5.47. The van der Waals surface area contributed by atoms with E-state index in [1.54, 1.807) is 0 Å².